The van der Waals surface area contributed by atoms with Crippen molar-refractivity contribution in [2.24, 2.45) is 0 Å². The maximum Gasteiger partial charge on any atom is -0.0351 e. The van der Waals surface area contributed by atoms with Crippen molar-refractivity contribution in [2.45, 2.75) is 207 Å². The minimum absolute atomic E-state index is 1.31. The van der Waals surface area contributed by atoms with Gasteiger partial charge in [0.15, 0.2) is 0 Å². The zero-order valence-corrected chi connectivity index (χ0v) is 25.0. The van der Waals surface area contributed by atoms with Crippen LogP contribution in [-0.4, -0.2) is 0 Å². The molecule has 0 radical (unpaired) electrons. The van der Waals surface area contributed by atoms with Crippen LogP contribution in [0.4, 0.5) is 0 Å². The molecule has 0 aromatic carbocycles. The van der Waals surface area contributed by atoms with Crippen molar-refractivity contribution in [3.05, 3.63) is 12.2 Å². The topological polar surface area (TPSA) is 0 Å². The lowest BCUT2D eigenvalue weighted by Gasteiger charge is -2.01. The van der Waals surface area contributed by atoms with Crippen LogP contribution >= 0.6 is 0 Å². The Kier molecular flexibility index (Phi) is 39.4. The fourth-order valence-electron chi connectivity index (χ4n) is 4.59. The van der Waals surface area contributed by atoms with Crippen LogP contribution in [0.5, 0.6) is 0 Å². The molecule has 0 fully saturated rings. The molecule has 0 amide bonds. The van der Waals surface area contributed by atoms with Gasteiger partial charge in [0.25, 0.3) is 0 Å². The Morgan fingerprint density at radius 2 is 0.412 bits per heavy atom. The Morgan fingerprint density at radius 3 is 0.618 bits per heavy atom. The molecule has 0 aliphatic rings. The molecule has 0 saturated carbocycles. The summed E-state index contributed by atoms with van der Waals surface area (Å²) in [5.41, 5.74) is 0. The fraction of sp³-hybridized carbons (Fsp3) is 0.941. The zero-order valence-electron chi connectivity index (χ0n) is 25.0. The highest BCUT2D eigenvalue weighted by molar-refractivity contribution is 4.81. The van der Waals surface area contributed by atoms with Gasteiger partial charge in [-0.05, 0) is 25.7 Å². The van der Waals surface area contributed by atoms with Gasteiger partial charge >= 0.3 is 0 Å². The monoisotopic (exact) mass is 479 g/mol. The molecule has 0 aromatic rings. The van der Waals surface area contributed by atoms with Crippen LogP contribution in [0.1, 0.15) is 207 Å². The Labute approximate surface area is 219 Å². The van der Waals surface area contributed by atoms with E-state index in [-0.39, 0.29) is 0 Å². The van der Waals surface area contributed by atoms with Crippen LogP contribution in [-0.2, 0) is 0 Å². The van der Waals surface area contributed by atoms with E-state index in [2.05, 4.69) is 39.8 Å². The van der Waals surface area contributed by atoms with Crippen LogP contribution in [0.2, 0.25) is 0 Å². The van der Waals surface area contributed by atoms with Crippen LogP contribution in [0.15, 0.2) is 12.2 Å². The molecule has 34 heavy (non-hydrogen) atoms. The number of unbranched alkanes of at least 4 members (excludes halogenated alkanes) is 25. The van der Waals surface area contributed by atoms with Gasteiger partial charge < -0.3 is 0 Å². The van der Waals surface area contributed by atoms with E-state index in [9.17, 15) is 0 Å². The predicted octanol–water partition coefficient (Wildman–Crippen LogP) is 13.5. The average Bonchev–Trinajstić information content (AvgIpc) is 2.85. The van der Waals surface area contributed by atoms with Gasteiger partial charge in [-0.3, -0.25) is 0 Å². The third-order valence-corrected chi connectivity index (χ3v) is 7.07. The minimum Gasteiger partial charge on any atom is -0.0885 e. The van der Waals surface area contributed by atoms with Crippen LogP contribution in [0.3, 0.4) is 0 Å². The standard InChI is InChI=1S/C23H46.C11H24/c1-3-5-7-9-11-13-15-17-19-21-23-22-20-18-16-14-12-10-8-6-4-2;1-3-5-7-9-11-10-8-6-4-2/h17,19H,3-16,18,20-23H2,1-2H3;3-11H2,1-2H3/b19-17-;. The first-order valence-corrected chi connectivity index (χ1v) is 16.5. The summed E-state index contributed by atoms with van der Waals surface area (Å²) in [6.07, 6.45) is 44.9. The Morgan fingerprint density at radius 1 is 0.235 bits per heavy atom. The molecule has 0 unspecified atom stereocenters. The van der Waals surface area contributed by atoms with Gasteiger partial charge in [0.1, 0.15) is 0 Å². The van der Waals surface area contributed by atoms with Crippen molar-refractivity contribution in [1.82, 2.24) is 0 Å². The molecule has 0 aliphatic heterocycles. The molecular formula is C34H70. The second-order valence-corrected chi connectivity index (χ2v) is 10.8. The number of hydrogen-bond acceptors (Lipinski definition) is 0. The van der Waals surface area contributed by atoms with E-state index in [1.165, 1.54) is 180 Å². The molecule has 0 rings (SSSR count). The van der Waals surface area contributed by atoms with E-state index in [0.717, 1.165) is 0 Å². The molecule has 0 heteroatoms. The SMILES string of the molecule is CCCCCCCC/C=C\CCCCCCCCCCCCC.CCCCCCCCCCC. The third-order valence-electron chi connectivity index (χ3n) is 7.07. The largest absolute Gasteiger partial charge is 0.0885 e. The lowest BCUT2D eigenvalue weighted by atomic mass is 10.1. The fourth-order valence-corrected chi connectivity index (χ4v) is 4.59. The van der Waals surface area contributed by atoms with Crippen molar-refractivity contribution in [3.8, 4) is 0 Å². The summed E-state index contributed by atoms with van der Waals surface area (Å²) in [5, 5.41) is 0. The summed E-state index contributed by atoms with van der Waals surface area (Å²) in [6.45, 7) is 9.13. The third kappa shape index (κ3) is 39.0. The van der Waals surface area contributed by atoms with E-state index in [1.54, 1.807) is 0 Å². The maximum atomic E-state index is 2.43. The first-order valence-electron chi connectivity index (χ1n) is 16.5. The van der Waals surface area contributed by atoms with Crippen molar-refractivity contribution < 1.29 is 0 Å². The molecular weight excluding hydrogens is 408 g/mol. The smallest absolute Gasteiger partial charge is 0.0351 e. The lowest BCUT2D eigenvalue weighted by molar-refractivity contribution is 0.550. The molecule has 0 bridgehead atoms. The van der Waals surface area contributed by atoms with Gasteiger partial charge in [-0.2, -0.15) is 0 Å². The van der Waals surface area contributed by atoms with Gasteiger partial charge in [-0.1, -0.05) is 194 Å². The summed E-state index contributed by atoms with van der Waals surface area (Å²) < 4.78 is 0. The molecule has 0 aliphatic carbocycles. The molecule has 0 spiro atoms. The summed E-state index contributed by atoms with van der Waals surface area (Å²) in [7, 11) is 0. The van der Waals surface area contributed by atoms with E-state index in [0.29, 0.717) is 0 Å². The van der Waals surface area contributed by atoms with Gasteiger partial charge in [0.05, 0.1) is 0 Å². The van der Waals surface area contributed by atoms with Gasteiger partial charge in [-0.25, -0.2) is 0 Å². The molecule has 0 atom stereocenters. The first-order chi connectivity index (χ1) is 16.8. The molecule has 0 aromatic heterocycles. The molecule has 0 nitrogen and oxygen atoms in total. The average molecular weight is 479 g/mol. The van der Waals surface area contributed by atoms with Crippen molar-refractivity contribution in [2.75, 3.05) is 0 Å². The first kappa shape index (κ1) is 35.9. The summed E-state index contributed by atoms with van der Waals surface area (Å²) >= 11 is 0. The second-order valence-electron chi connectivity index (χ2n) is 10.8. The van der Waals surface area contributed by atoms with E-state index < -0.39 is 0 Å². The number of rotatable bonds is 27. The highest BCUT2D eigenvalue weighted by atomic mass is 14.0. The van der Waals surface area contributed by atoms with Crippen LogP contribution in [0, 0.1) is 0 Å². The van der Waals surface area contributed by atoms with E-state index in [1.807, 2.05) is 0 Å². The highest BCUT2D eigenvalue weighted by Crippen LogP contribution is 2.13. The quantitative estimate of drug-likeness (QED) is 0.0813. The van der Waals surface area contributed by atoms with Crippen molar-refractivity contribution in [3.63, 3.8) is 0 Å². The number of hydrogen-bond donors (Lipinski definition) is 0. The predicted molar refractivity (Wildman–Crippen MR) is 161 cm³/mol. The summed E-state index contributed by atoms with van der Waals surface area (Å²) in [6, 6.07) is 0. The molecule has 206 valence electrons. The van der Waals surface area contributed by atoms with Gasteiger partial charge in [0, 0.05) is 0 Å². The van der Waals surface area contributed by atoms with E-state index >= 15 is 0 Å². The highest BCUT2D eigenvalue weighted by Gasteiger charge is 1.93. The molecule has 0 saturated heterocycles. The van der Waals surface area contributed by atoms with Gasteiger partial charge in [0.2, 0.25) is 0 Å². The van der Waals surface area contributed by atoms with Crippen molar-refractivity contribution >= 4 is 0 Å². The molecule has 0 heterocycles. The second kappa shape index (κ2) is 37.3. The summed E-state index contributed by atoms with van der Waals surface area (Å²) in [4.78, 5) is 0. The minimum atomic E-state index is 1.31. The Balaban J connectivity index is 0. The normalized spacial score (nSPS) is 11.2. The Bertz CT molecular complexity index is 321. The Hall–Kier alpha value is -0.260. The van der Waals surface area contributed by atoms with Gasteiger partial charge in [-0.15, -0.1) is 0 Å². The van der Waals surface area contributed by atoms with Crippen LogP contribution in [0.25, 0.3) is 0 Å². The van der Waals surface area contributed by atoms with Crippen molar-refractivity contribution in [1.29, 1.82) is 0 Å². The zero-order chi connectivity index (χ0) is 25.2. The van der Waals surface area contributed by atoms with E-state index in [4.69, 9.17) is 0 Å². The molecule has 0 N–H and O–H groups in total. The summed E-state index contributed by atoms with van der Waals surface area (Å²) in [5.74, 6) is 0. The lowest BCUT2D eigenvalue weighted by Crippen LogP contribution is -1.82. The maximum absolute atomic E-state index is 2.43. The number of allylic oxidation sites excluding steroid dienone is 2. The van der Waals surface area contributed by atoms with Crippen LogP contribution < -0.4 is 0 Å².